The summed E-state index contributed by atoms with van der Waals surface area (Å²) in [5.74, 6) is 1.12. The number of hydrogen-bond donors (Lipinski definition) is 2. The summed E-state index contributed by atoms with van der Waals surface area (Å²) in [5.41, 5.74) is 0.692. The maximum atomic E-state index is 5.83. The summed E-state index contributed by atoms with van der Waals surface area (Å²) in [7, 11) is 1.79. The van der Waals surface area contributed by atoms with E-state index in [1.54, 1.807) is 13.2 Å². The van der Waals surface area contributed by atoms with Gasteiger partial charge in [-0.25, -0.2) is 0 Å². The molecule has 1 aliphatic heterocycles. The fraction of sp³-hybridized carbons (Fsp3) is 0.615. The summed E-state index contributed by atoms with van der Waals surface area (Å²) in [5, 5.41) is 10.6. The summed E-state index contributed by atoms with van der Waals surface area (Å²) in [6, 6.07) is 0. The standard InChI is InChI=1S/C13H20N6O/c1-14-13-16-11-10(9-15-18-11)12(17-13)20-8-7-19-5-3-2-4-6-19/h9H,2-8H2,1H3,(H2,14,15,16,17,18). The van der Waals surface area contributed by atoms with E-state index in [0.717, 1.165) is 11.9 Å². The number of H-pyrrole nitrogens is 1. The second-order valence-electron chi connectivity index (χ2n) is 4.99. The summed E-state index contributed by atoms with van der Waals surface area (Å²) >= 11 is 0. The Bertz CT molecular complexity index is 563. The normalized spacial score (nSPS) is 16.4. The Morgan fingerprint density at radius 3 is 2.95 bits per heavy atom. The lowest BCUT2D eigenvalue weighted by molar-refractivity contribution is 0.181. The molecule has 0 amide bonds. The highest BCUT2D eigenvalue weighted by Crippen LogP contribution is 2.22. The lowest BCUT2D eigenvalue weighted by Gasteiger charge is -2.26. The first-order valence-electron chi connectivity index (χ1n) is 7.11. The Labute approximate surface area is 117 Å². The maximum absolute atomic E-state index is 5.83. The predicted molar refractivity (Wildman–Crippen MR) is 77.0 cm³/mol. The molecule has 0 unspecified atom stereocenters. The third-order valence-corrected chi connectivity index (χ3v) is 3.59. The summed E-state index contributed by atoms with van der Waals surface area (Å²) < 4.78 is 5.83. The summed E-state index contributed by atoms with van der Waals surface area (Å²) in [6.07, 6.45) is 5.64. The van der Waals surface area contributed by atoms with E-state index < -0.39 is 0 Å². The van der Waals surface area contributed by atoms with Crippen LogP contribution in [0.3, 0.4) is 0 Å². The molecule has 1 fully saturated rings. The number of ether oxygens (including phenoxy) is 1. The highest BCUT2D eigenvalue weighted by Gasteiger charge is 2.12. The van der Waals surface area contributed by atoms with Gasteiger partial charge in [-0.2, -0.15) is 15.1 Å². The molecule has 3 heterocycles. The molecule has 0 aromatic carbocycles. The van der Waals surface area contributed by atoms with Crippen LogP contribution in [0.5, 0.6) is 5.88 Å². The van der Waals surface area contributed by atoms with Gasteiger partial charge in [-0.15, -0.1) is 0 Å². The van der Waals surface area contributed by atoms with Gasteiger partial charge >= 0.3 is 0 Å². The zero-order valence-corrected chi connectivity index (χ0v) is 11.7. The van der Waals surface area contributed by atoms with Crippen molar-refractivity contribution in [3.8, 4) is 5.88 Å². The molecule has 0 bridgehead atoms. The molecule has 0 atom stereocenters. The minimum Gasteiger partial charge on any atom is -0.476 e. The maximum Gasteiger partial charge on any atom is 0.229 e. The lowest BCUT2D eigenvalue weighted by atomic mass is 10.1. The van der Waals surface area contributed by atoms with Crippen LogP contribution in [0.25, 0.3) is 11.0 Å². The highest BCUT2D eigenvalue weighted by atomic mass is 16.5. The number of fused-ring (bicyclic) bond motifs is 1. The van der Waals surface area contributed by atoms with Gasteiger partial charge in [0.15, 0.2) is 5.65 Å². The van der Waals surface area contributed by atoms with E-state index in [1.165, 1.54) is 32.4 Å². The van der Waals surface area contributed by atoms with Crippen molar-refractivity contribution in [2.75, 3.05) is 38.6 Å². The van der Waals surface area contributed by atoms with Crippen LogP contribution in [0.2, 0.25) is 0 Å². The van der Waals surface area contributed by atoms with E-state index in [4.69, 9.17) is 4.74 Å². The number of aromatic amines is 1. The Balaban J connectivity index is 1.65. The van der Waals surface area contributed by atoms with Crippen LogP contribution in [0.1, 0.15) is 19.3 Å². The molecule has 7 heteroatoms. The molecule has 3 rings (SSSR count). The molecular formula is C13H20N6O. The fourth-order valence-corrected chi connectivity index (χ4v) is 2.48. The van der Waals surface area contributed by atoms with Crippen molar-refractivity contribution in [1.82, 2.24) is 25.1 Å². The molecule has 0 radical (unpaired) electrons. The zero-order chi connectivity index (χ0) is 13.8. The first-order chi connectivity index (χ1) is 9.86. The molecule has 20 heavy (non-hydrogen) atoms. The Morgan fingerprint density at radius 1 is 1.30 bits per heavy atom. The van der Waals surface area contributed by atoms with E-state index in [9.17, 15) is 0 Å². The Morgan fingerprint density at radius 2 is 2.15 bits per heavy atom. The molecule has 2 aromatic heterocycles. The SMILES string of the molecule is CNc1nc(OCCN2CCCCC2)c2cn[nH]c2n1. The van der Waals surface area contributed by atoms with Crippen LogP contribution in [-0.4, -0.2) is 58.4 Å². The van der Waals surface area contributed by atoms with Gasteiger partial charge in [-0.3, -0.25) is 10.00 Å². The quantitative estimate of drug-likeness (QED) is 0.856. The van der Waals surface area contributed by atoms with Gasteiger partial charge in [-0.1, -0.05) is 6.42 Å². The van der Waals surface area contributed by atoms with E-state index in [1.807, 2.05) is 0 Å². The Hall–Kier alpha value is -1.89. The van der Waals surface area contributed by atoms with Gasteiger partial charge in [0, 0.05) is 13.6 Å². The van der Waals surface area contributed by atoms with E-state index in [0.29, 0.717) is 24.1 Å². The van der Waals surface area contributed by atoms with Crippen molar-refractivity contribution in [2.45, 2.75) is 19.3 Å². The monoisotopic (exact) mass is 276 g/mol. The smallest absolute Gasteiger partial charge is 0.229 e. The highest BCUT2D eigenvalue weighted by molar-refractivity contribution is 5.80. The minimum absolute atomic E-state index is 0.537. The molecule has 1 aliphatic rings. The minimum atomic E-state index is 0.537. The van der Waals surface area contributed by atoms with Crippen LogP contribution >= 0.6 is 0 Å². The summed E-state index contributed by atoms with van der Waals surface area (Å²) in [6.45, 7) is 3.94. The second kappa shape index (κ2) is 6.04. The van der Waals surface area contributed by atoms with Crippen LogP contribution in [0.4, 0.5) is 5.95 Å². The summed E-state index contributed by atoms with van der Waals surface area (Å²) in [4.78, 5) is 11.1. The van der Waals surface area contributed by atoms with Crippen LogP contribution in [0, 0.1) is 0 Å². The average molecular weight is 276 g/mol. The molecule has 108 valence electrons. The fourth-order valence-electron chi connectivity index (χ4n) is 2.48. The number of hydrogen-bond acceptors (Lipinski definition) is 6. The second-order valence-corrected chi connectivity index (χ2v) is 4.99. The van der Waals surface area contributed by atoms with Crippen molar-refractivity contribution < 1.29 is 4.74 Å². The lowest BCUT2D eigenvalue weighted by Crippen LogP contribution is -2.33. The molecule has 2 N–H and O–H groups in total. The number of likely N-dealkylation sites (tertiary alicyclic amines) is 1. The van der Waals surface area contributed by atoms with Gasteiger partial charge < -0.3 is 10.1 Å². The third-order valence-electron chi connectivity index (χ3n) is 3.59. The first kappa shape index (κ1) is 13.1. The van der Waals surface area contributed by atoms with Crippen LogP contribution in [-0.2, 0) is 0 Å². The van der Waals surface area contributed by atoms with Crippen molar-refractivity contribution >= 4 is 17.0 Å². The number of rotatable bonds is 5. The van der Waals surface area contributed by atoms with Crippen molar-refractivity contribution in [2.24, 2.45) is 0 Å². The zero-order valence-electron chi connectivity index (χ0n) is 11.7. The molecule has 0 saturated carbocycles. The average Bonchev–Trinajstić information content (AvgIpc) is 2.96. The molecule has 0 spiro atoms. The van der Waals surface area contributed by atoms with E-state index in [2.05, 4.69) is 30.4 Å². The van der Waals surface area contributed by atoms with Crippen molar-refractivity contribution in [3.05, 3.63) is 6.20 Å². The molecule has 0 aliphatic carbocycles. The molecule has 7 nitrogen and oxygen atoms in total. The number of piperidine rings is 1. The number of nitrogens with one attached hydrogen (secondary N) is 2. The van der Waals surface area contributed by atoms with Gasteiger partial charge in [-0.05, 0) is 25.9 Å². The molecular weight excluding hydrogens is 256 g/mol. The van der Waals surface area contributed by atoms with Crippen LogP contribution < -0.4 is 10.1 Å². The largest absolute Gasteiger partial charge is 0.476 e. The van der Waals surface area contributed by atoms with Gasteiger partial charge in [0.25, 0.3) is 0 Å². The predicted octanol–water partition coefficient (Wildman–Crippen LogP) is 1.26. The Kier molecular flexibility index (Phi) is 3.96. The van der Waals surface area contributed by atoms with Crippen molar-refractivity contribution in [1.29, 1.82) is 0 Å². The molecule has 2 aromatic rings. The van der Waals surface area contributed by atoms with E-state index >= 15 is 0 Å². The van der Waals surface area contributed by atoms with Gasteiger partial charge in [0.2, 0.25) is 11.8 Å². The topological polar surface area (TPSA) is 79.0 Å². The first-order valence-corrected chi connectivity index (χ1v) is 7.11. The van der Waals surface area contributed by atoms with Crippen LogP contribution in [0.15, 0.2) is 6.20 Å². The molecule has 1 saturated heterocycles. The van der Waals surface area contributed by atoms with E-state index in [-0.39, 0.29) is 0 Å². The third kappa shape index (κ3) is 2.82. The van der Waals surface area contributed by atoms with Gasteiger partial charge in [0.1, 0.15) is 12.0 Å². The number of anilines is 1. The number of nitrogens with zero attached hydrogens (tertiary/aromatic N) is 4. The van der Waals surface area contributed by atoms with Crippen molar-refractivity contribution in [3.63, 3.8) is 0 Å². The van der Waals surface area contributed by atoms with Gasteiger partial charge in [0.05, 0.1) is 6.20 Å². The number of aromatic nitrogens is 4.